The highest BCUT2D eigenvalue weighted by Crippen LogP contribution is 2.21. The number of likely N-dealkylation sites (N-methyl/N-ethyl adjacent to an activating group) is 1. The zero-order valence-corrected chi connectivity index (χ0v) is 11.2. The Morgan fingerprint density at radius 2 is 2.20 bits per heavy atom. The van der Waals surface area contributed by atoms with Gasteiger partial charge >= 0.3 is 6.18 Å². The van der Waals surface area contributed by atoms with E-state index in [1.165, 1.54) is 20.0 Å². The number of nitrogens with zero attached hydrogens (tertiary/aromatic N) is 2. The van der Waals surface area contributed by atoms with Crippen molar-refractivity contribution in [1.82, 2.24) is 10.1 Å². The van der Waals surface area contributed by atoms with Crippen LogP contribution in [0.1, 0.15) is 12.6 Å². The number of aromatic nitrogens is 1. The molecule has 0 aromatic carbocycles. The molecule has 2 unspecified atom stereocenters. The van der Waals surface area contributed by atoms with Gasteiger partial charge in [0.1, 0.15) is 0 Å². The molecular formula is C11H16F3N3O3. The topological polar surface area (TPSA) is 78.6 Å². The SMILES string of the molecule is Cc1cc(NC(=O)C(C)N(C)CC(O)C(F)(F)F)on1. The van der Waals surface area contributed by atoms with E-state index in [1.807, 2.05) is 0 Å². The Labute approximate surface area is 113 Å². The lowest BCUT2D eigenvalue weighted by Gasteiger charge is -2.26. The molecule has 1 rings (SSSR count). The fourth-order valence-electron chi connectivity index (χ4n) is 1.38. The molecule has 1 aromatic rings. The molecule has 0 aliphatic heterocycles. The van der Waals surface area contributed by atoms with Crippen molar-refractivity contribution in [2.45, 2.75) is 32.2 Å². The second-order valence-corrected chi connectivity index (χ2v) is 4.49. The number of amides is 1. The van der Waals surface area contributed by atoms with Crippen molar-refractivity contribution in [3.63, 3.8) is 0 Å². The number of nitrogens with one attached hydrogen (secondary N) is 1. The lowest BCUT2D eigenvalue weighted by molar-refractivity contribution is -0.208. The summed E-state index contributed by atoms with van der Waals surface area (Å²) >= 11 is 0. The molecule has 2 atom stereocenters. The molecule has 0 saturated heterocycles. The van der Waals surface area contributed by atoms with Crippen LogP contribution in [0.4, 0.5) is 19.1 Å². The van der Waals surface area contributed by atoms with Gasteiger partial charge < -0.3 is 9.63 Å². The second-order valence-electron chi connectivity index (χ2n) is 4.49. The number of aryl methyl sites for hydroxylation is 1. The van der Waals surface area contributed by atoms with Crippen LogP contribution in [0.25, 0.3) is 0 Å². The summed E-state index contributed by atoms with van der Waals surface area (Å²) in [5.41, 5.74) is 0.564. The van der Waals surface area contributed by atoms with E-state index in [-0.39, 0.29) is 5.88 Å². The number of hydrogen-bond acceptors (Lipinski definition) is 5. The van der Waals surface area contributed by atoms with Gasteiger partial charge in [0.15, 0.2) is 6.10 Å². The Morgan fingerprint density at radius 1 is 1.60 bits per heavy atom. The van der Waals surface area contributed by atoms with E-state index in [9.17, 15) is 18.0 Å². The molecule has 0 saturated carbocycles. The number of carbonyl (C=O) groups is 1. The number of rotatable bonds is 5. The third-order valence-corrected chi connectivity index (χ3v) is 2.75. The number of hydrogen-bond donors (Lipinski definition) is 2. The Bertz CT molecular complexity index is 461. The van der Waals surface area contributed by atoms with Gasteiger partial charge in [0.2, 0.25) is 11.8 Å². The van der Waals surface area contributed by atoms with Crippen LogP contribution in [-0.4, -0.2) is 53.0 Å². The normalized spacial score (nSPS) is 15.2. The average molecular weight is 295 g/mol. The summed E-state index contributed by atoms with van der Waals surface area (Å²) in [6.07, 6.45) is -7.22. The molecule has 0 spiro atoms. The van der Waals surface area contributed by atoms with Crippen molar-refractivity contribution >= 4 is 11.8 Å². The number of aliphatic hydroxyl groups excluding tert-OH is 1. The van der Waals surface area contributed by atoms with Crippen molar-refractivity contribution in [3.05, 3.63) is 11.8 Å². The lowest BCUT2D eigenvalue weighted by Crippen LogP contribution is -2.46. The van der Waals surface area contributed by atoms with E-state index in [4.69, 9.17) is 9.63 Å². The molecule has 114 valence electrons. The number of alkyl halides is 3. The van der Waals surface area contributed by atoms with Gasteiger partial charge in [-0.15, -0.1) is 0 Å². The summed E-state index contributed by atoms with van der Waals surface area (Å²) in [5, 5.41) is 14.9. The molecule has 0 radical (unpaired) electrons. The number of anilines is 1. The van der Waals surface area contributed by atoms with E-state index in [0.29, 0.717) is 5.69 Å². The van der Waals surface area contributed by atoms with Crippen molar-refractivity contribution in [3.8, 4) is 0 Å². The first-order valence-electron chi connectivity index (χ1n) is 5.80. The Balaban J connectivity index is 2.55. The summed E-state index contributed by atoms with van der Waals surface area (Å²) < 4.78 is 41.4. The summed E-state index contributed by atoms with van der Waals surface area (Å²) in [6.45, 7) is 2.38. The van der Waals surface area contributed by atoms with Crippen LogP contribution < -0.4 is 5.32 Å². The molecule has 1 heterocycles. The first kappa shape index (κ1) is 16.4. The summed E-state index contributed by atoms with van der Waals surface area (Å²) in [6, 6.07) is 0.604. The van der Waals surface area contributed by atoms with Crippen molar-refractivity contribution < 1.29 is 27.6 Å². The third-order valence-electron chi connectivity index (χ3n) is 2.75. The van der Waals surface area contributed by atoms with Gasteiger partial charge in [0.05, 0.1) is 11.7 Å². The molecule has 1 aromatic heterocycles. The van der Waals surface area contributed by atoms with Crippen LogP contribution in [0.3, 0.4) is 0 Å². The van der Waals surface area contributed by atoms with Gasteiger partial charge in [-0.1, -0.05) is 5.16 Å². The fraction of sp³-hybridized carbons (Fsp3) is 0.636. The minimum absolute atomic E-state index is 0.115. The van der Waals surface area contributed by atoms with Crippen LogP contribution in [-0.2, 0) is 4.79 Å². The predicted octanol–water partition coefficient (Wildman–Crippen LogP) is 1.17. The van der Waals surface area contributed by atoms with E-state index in [2.05, 4.69) is 10.5 Å². The van der Waals surface area contributed by atoms with Crippen LogP contribution in [0.15, 0.2) is 10.6 Å². The maximum Gasteiger partial charge on any atom is 0.415 e. The van der Waals surface area contributed by atoms with Gasteiger partial charge in [-0.2, -0.15) is 13.2 Å². The Morgan fingerprint density at radius 3 is 2.65 bits per heavy atom. The summed E-state index contributed by atoms with van der Waals surface area (Å²) in [7, 11) is 1.31. The number of carbonyl (C=O) groups excluding carboxylic acids is 1. The molecule has 0 aliphatic rings. The molecule has 6 nitrogen and oxygen atoms in total. The maximum atomic E-state index is 12.2. The minimum Gasteiger partial charge on any atom is -0.382 e. The molecular weight excluding hydrogens is 279 g/mol. The van der Waals surface area contributed by atoms with Crippen LogP contribution in [0.5, 0.6) is 0 Å². The zero-order chi connectivity index (χ0) is 15.5. The van der Waals surface area contributed by atoms with Crippen molar-refractivity contribution in [2.24, 2.45) is 0 Å². The van der Waals surface area contributed by atoms with Crippen LogP contribution in [0.2, 0.25) is 0 Å². The van der Waals surface area contributed by atoms with E-state index < -0.39 is 30.8 Å². The predicted molar refractivity (Wildman–Crippen MR) is 64.0 cm³/mol. The average Bonchev–Trinajstić information content (AvgIpc) is 2.72. The van der Waals surface area contributed by atoms with Gasteiger partial charge in [-0.25, -0.2) is 0 Å². The minimum atomic E-state index is -4.72. The van der Waals surface area contributed by atoms with Crippen molar-refractivity contribution in [1.29, 1.82) is 0 Å². The molecule has 9 heteroatoms. The van der Waals surface area contributed by atoms with Gasteiger partial charge in [-0.05, 0) is 20.9 Å². The van der Waals surface area contributed by atoms with E-state index in [0.717, 1.165) is 4.90 Å². The Hall–Kier alpha value is -1.61. The largest absolute Gasteiger partial charge is 0.415 e. The van der Waals surface area contributed by atoms with Crippen LogP contribution >= 0.6 is 0 Å². The Kier molecular flexibility index (Phi) is 5.12. The molecule has 2 N–H and O–H groups in total. The third kappa shape index (κ3) is 4.49. The summed E-state index contributed by atoms with van der Waals surface area (Å²) in [4.78, 5) is 12.9. The lowest BCUT2D eigenvalue weighted by atomic mass is 10.2. The van der Waals surface area contributed by atoms with E-state index >= 15 is 0 Å². The quantitative estimate of drug-likeness (QED) is 0.852. The zero-order valence-electron chi connectivity index (χ0n) is 11.2. The molecule has 0 bridgehead atoms. The van der Waals surface area contributed by atoms with Gasteiger partial charge in [0, 0.05) is 12.6 Å². The molecule has 0 fully saturated rings. The van der Waals surface area contributed by atoms with Gasteiger partial charge in [0.25, 0.3) is 0 Å². The standard InChI is InChI=1S/C11H16F3N3O3/c1-6-4-9(20-16-6)15-10(19)7(2)17(3)5-8(18)11(12,13)14/h4,7-8,18H,5H2,1-3H3,(H,15,19). The van der Waals surface area contributed by atoms with Crippen molar-refractivity contribution in [2.75, 3.05) is 18.9 Å². The highest BCUT2D eigenvalue weighted by Gasteiger charge is 2.39. The van der Waals surface area contributed by atoms with Gasteiger partial charge in [-0.3, -0.25) is 15.0 Å². The first-order valence-corrected chi connectivity index (χ1v) is 5.80. The summed E-state index contributed by atoms with van der Waals surface area (Å²) in [5.74, 6) is -0.442. The smallest absolute Gasteiger partial charge is 0.382 e. The maximum absolute atomic E-state index is 12.2. The monoisotopic (exact) mass is 295 g/mol. The number of aliphatic hydroxyl groups is 1. The number of halogens is 3. The highest BCUT2D eigenvalue weighted by atomic mass is 19.4. The van der Waals surface area contributed by atoms with E-state index in [1.54, 1.807) is 6.92 Å². The molecule has 1 amide bonds. The fourth-order valence-corrected chi connectivity index (χ4v) is 1.38. The second kappa shape index (κ2) is 6.23. The highest BCUT2D eigenvalue weighted by molar-refractivity contribution is 5.93. The van der Waals surface area contributed by atoms with Crippen LogP contribution in [0, 0.1) is 6.92 Å². The molecule has 20 heavy (non-hydrogen) atoms. The first-order chi connectivity index (χ1) is 9.11. The molecule has 0 aliphatic carbocycles.